The lowest BCUT2D eigenvalue weighted by atomic mass is 9.93. The van der Waals surface area contributed by atoms with Crippen LogP contribution in [0.4, 0.5) is 11.4 Å². The Hall–Kier alpha value is -2.51. The van der Waals surface area contributed by atoms with Crippen LogP contribution in [0.3, 0.4) is 0 Å². The molecule has 6 nitrogen and oxygen atoms in total. The number of ether oxygens (including phenoxy) is 1. The molecule has 162 valence electrons. The molecule has 7 heteroatoms. The maximum Gasteiger partial charge on any atom is 0.274 e. The van der Waals surface area contributed by atoms with Gasteiger partial charge >= 0.3 is 0 Å². The van der Waals surface area contributed by atoms with Crippen LogP contribution in [-0.4, -0.2) is 61.3 Å². The van der Waals surface area contributed by atoms with E-state index in [9.17, 15) is 4.79 Å². The third kappa shape index (κ3) is 3.59. The summed E-state index contributed by atoms with van der Waals surface area (Å²) in [4.78, 5) is 25.4. The second-order valence-corrected chi connectivity index (χ2v) is 9.49. The van der Waals surface area contributed by atoms with Gasteiger partial charge in [-0.1, -0.05) is 24.3 Å². The number of thioether (sulfide) groups is 1. The summed E-state index contributed by atoms with van der Waals surface area (Å²) in [6.45, 7) is 7.06. The molecule has 1 amide bonds. The van der Waals surface area contributed by atoms with Gasteiger partial charge in [-0.15, -0.1) is 0 Å². The van der Waals surface area contributed by atoms with E-state index in [1.807, 2.05) is 31.2 Å². The van der Waals surface area contributed by atoms with Crippen LogP contribution in [0, 0.1) is 0 Å². The lowest BCUT2D eigenvalue weighted by molar-refractivity contribution is -0.121. The summed E-state index contributed by atoms with van der Waals surface area (Å²) in [7, 11) is 1.73. The number of nitrogens with zero attached hydrogens (tertiary/aromatic N) is 4. The number of piperazine rings is 1. The first-order valence-electron chi connectivity index (χ1n) is 10.9. The maximum atomic E-state index is 12.8. The molecule has 0 aliphatic carbocycles. The quantitative estimate of drug-likeness (QED) is 0.685. The second-order valence-electron chi connectivity index (χ2n) is 8.48. The molecule has 0 radical (unpaired) electrons. The van der Waals surface area contributed by atoms with Crippen LogP contribution in [0.15, 0.2) is 58.4 Å². The number of hydrogen-bond acceptors (Lipinski definition) is 6. The van der Waals surface area contributed by atoms with E-state index in [2.05, 4.69) is 44.0 Å². The smallest absolute Gasteiger partial charge is 0.274 e. The third-order valence-electron chi connectivity index (χ3n) is 6.59. The van der Waals surface area contributed by atoms with E-state index in [-0.39, 0.29) is 5.91 Å². The zero-order valence-corrected chi connectivity index (χ0v) is 18.9. The summed E-state index contributed by atoms with van der Waals surface area (Å²) < 4.78 is 5.52. The predicted octanol–water partition coefficient (Wildman–Crippen LogP) is 3.86. The van der Waals surface area contributed by atoms with Crippen molar-refractivity contribution < 1.29 is 9.53 Å². The summed E-state index contributed by atoms with van der Waals surface area (Å²) in [5.41, 5.74) is 1.71. The lowest BCUT2D eigenvalue weighted by Crippen LogP contribution is -2.49. The minimum atomic E-state index is -0.575. The summed E-state index contributed by atoms with van der Waals surface area (Å²) in [5, 5.41) is 0.833. The van der Waals surface area contributed by atoms with Crippen LogP contribution in [-0.2, 0) is 4.79 Å². The van der Waals surface area contributed by atoms with E-state index in [0.29, 0.717) is 0 Å². The van der Waals surface area contributed by atoms with Crippen LogP contribution < -0.4 is 14.5 Å². The van der Waals surface area contributed by atoms with Gasteiger partial charge in [0.05, 0.1) is 18.5 Å². The molecule has 0 aromatic heterocycles. The Kier molecular flexibility index (Phi) is 5.40. The molecular weight excluding hydrogens is 408 g/mol. The monoisotopic (exact) mass is 436 g/mol. The molecule has 31 heavy (non-hydrogen) atoms. The van der Waals surface area contributed by atoms with Crippen LogP contribution in [0.1, 0.15) is 19.8 Å². The van der Waals surface area contributed by atoms with Gasteiger partial charge in [0.15, 0.2) is 5.17 Å². The topological polar surface area (TPSA) is 48.4 Å². The minimum absolute atomic E-state index is 0.00880. The fourth-order valence-corrected chi connectivity index (χ4v) is 5.92. The average Bonchev–Trinajstić information content (AvgIpc) is 3.28. The molecule has 0 spiro atoms. The summed E-state index contributed by atoms with van der Waals surface area (Å²) in [6.07, 6.45) is 1.78. The Bertz CT molecular complexity index is 1020. The van der Waals surface area contributed by atoms with E-state index in [1.165, 1.54) is 10.6 Å². The molecule has 2 aromatic carbocycles. The van der Waals surface area contributed by atoms with Crippen LogP contribution >= 0.6 is 11.8 Å². The van der Waals surface area contributed by atoms with Gasteiger partial charge in [-0.3, -0.25) is 9.69 Å². The number of amides is 1. The van der Waals surface area contributed by atoms with Gasteiger partial charge in [-0.2, -0.15) is 4.99 Å². The minimum Gasteiger partial charge on any atom is -0.495 e. The predicted molar refractivity (Wildman–Crippen MR) is 127 cm³/mol. The van der Waals surface area contributed by atoms with Crippen molar-refractivity contribution in [3.05, 3.63) is 48.5 Å². The number of aliphatic imine (C=N–C) groups is 1. The molecule has 1 saturated heterocycles. The van der Waals surface area contributed by atoms with E-state index in [4.69, 9.17) is 4.74 Å². The fourth-order valence-electron chi connectivity index (χ4n) is 4.80. The highest BCUT2D eigenvalue weighted by Crippen LogP contribution is 2.48. The normalized spacial score (nSPS) is 23.0. The highest BCUT2D eigenvalue weighted by molar-refractivity contribution is 8.14. The Morgan fingerprint density at radius 2 is 1.74 bits per heavy atom. The molecule has 3 aliphatic heterocycles. The number of para-hydroxylation sites is 3. The second kappa shape index (κ2) is 8.20. The zero-order valence-electron chi connectivity index (χ0n) is 18.1. The van der Waals surface area contributed by atoms with Gasteiger partial charge in [0, 0.05) is 31.1 Å². The average molecular weight is 437 g/mol. The first-order chi connectivity index (χ1) is 15.1. The fraction of sp³-hybridized carbons (Fsp3) is 0.417. The van der Waals surface area contributed by atoms with Crippen molar-refractivity contribution in [1.82, 2.24) is 4.90 Å². The van der Waals surface area contributed by atoms with Crippen molar-refractivity contribution in [3.63, 3.8) is 0 Å². The molecule has 5 rings (SSSR count). The molecule has 1 unspecified atom stereocenters. The Labute approximate surface area is 187 Å². The first-order valence-corrected chi connectivity index (χ1v) is 11.7. The van der Waals surface area contributed by atoms with Crippen LogP contribution in [0.5, 0.6) is 5.75 Å². The molecular formula is C24H28N4O2S. The molecule has 1 fully saturated rings. The van der Waals surface area contributed by atoms with Crippen molar-refractivity contribution in [3.8, 4) is 5.75 Å². The van der Waals surface area contributed by atoms with Gasteiger partial charge in [-0.05, 0) is 62.3 Å². The number of benzene rings is 2. The van der Waals surface area contributed by atoms with E-state index in [0.717, 1.165) is 62.2 Å². The summed E-state index contributed by atoms with van der Waals surface area (Å²) in [5.74, 6) is 0.925. The summed E-state index contributed by atoms with van der Waals surface area (Å²) >= 11 is 1.60. The zero-order chi connectivity index (χ0) is 21.4. The van der Waals surface area contributed by atoms with Crippen molar-refractivity contribution in [2.24, 2.45) is 4.99 Å². The number of methoxy groups -OCH3 is 1. The van der Waals surface area contributed by atoms with Crippen LogP contribution in [0.25, 0.3) is 0 Å². The largest absolute Gasteiger partial charge is 0.495 e. The maximum absolute atomic E-state index is 12.8. The Morgan fingerprint density at radius 1 is 1.03 bits per heavy atom. The molecule has 0 bridgehead atoms. The highest BCUT2D eigenvalue weighted by Gasteiger charge is 2.50. The van der Waals surface area contributed by atoms with E-state index >= 15 is 0 Å². The standard InChI is InChI=1S/C24H28N4O2S/c1-24(22(29)25-23-28(24)19-9-4-6-11-21(19)31-23)12-7-13-26-14-16-27(17-15-26)18-8-3-5-10-20(18)30-2/h3-6,8-11H,7,12-17H2,1-2H3. The highest BCUT2D eigenvalue weighted by atomic mass is 32.2. The van der Waals surface area contributed by atoms with E-state index < -0.39 is 5.54 Å². The van der Waals surface area contributed by atoms with E-state index in [1.54, 1.807) is 18.9 Å². The molecule has 0 N–H and O–H groups in total. The molecule has 1 atom stereocenters. The van der Waals surface area contributed by atoms with Crippen molar-refractivity contribution >= 4 is 34.2 Å². The number of amidine groups is 1. The van der Waals surface area contributed by atoms with Gasteiger partial charge < -0.3 is 14.5 Å². The Morgan fingerprint density at radius 3 is 2.52 bits per heavy atom. The third-order valence-corrected chi connectivity index (χ3v) is 7.61. The molecule has 2 aromatic rings. The number of hydrogen-bond donors (Lipinski definition) is 0. The number of rotatable bonds is 6. The van der Waals surface area contributed by atoms with Gasteiger partial charge in [0.2, 0.25) is 0 Å². The molecule has 3 heterocycles. The van der Waals surface area contributed by atoms with Gasteiger partial charge in [0.25, 0.3) is 5.91 Å². The number of carbonyl (C=O) groups excluding carboxylic acids is 1. The number of fused-ring (bicyclic) bond motifs is 3. The van der Waals surface area contributed by atoms with Gasteiger partial charge in [0.1, 0.15) is 11.3 Å². The Balaban J connectivity index is 1.17. The molecule has 3 aliphatic rings. The summed E-state index contributed by atoms with van der Waals surface area (Å²) in [6, 6.07) is 16.5. The molecule has 0 saturated carbocycles. The van der Waals surface area contributed by atoms with Crippen molar-refractivity contribution in [2.75, 3.05) is 49.6 Å². The van der Waals surface area contributed by atoms with Crippen molar-refractivity contribution in [2.45, 2.75) is 30.2 Å². The van der Waals surface area contributed by atoms with Crippen LogP contribution in [0.2, 0.25) is 0 Å². The van der Waals surface area contributed by atoms with Gasteiger partial charge in [-0.25, -0.2) is 0 Å². The van der Waals surface area contributed by atoms with Crippen molar-refractivity contribution in [1.29, 1.82) is 0 Å². The number of carbonyl (C=O) groups is 1. The first kappa shape index (κ1) is 20.4. The lowest BCUT2D eigenvalue weighted by Gasteiger charge is -2.37. The SMILES string of the molecule is COc1ccccc1N1CCN(CCCC2(C)C(=O)N=C3Sc4ccccc4N32)CC1. The number of anilines is 2.